The second-order valence-electron chi connectivity index (χ2n) is 7.11. The lowest BCUT2D eigenvalue weighted by molar-refractivity contribution is 1.66. The van der Waals surface area contributed by atoms with Gasteiger partial charge < -0.3 is 0 Å². The number of fused-ring (bicyclic) bond motifs is 7. The third-order valence-electron chi connectivity index (χ3n) is 5.46. The van der Waals surface area contributed by atoms with Crippen LogP contribution in [0.3, 0.4) is 0 Å². The molecule has 0 radical (unpaired) electrons. The molecule has 0 spiro atoms. The van der Waals surface area contributed by atoms with Gasteiger partial charge in [-0.05, 0) is 85.7 Å². The maximum Gasteiger partial charge on any atom is 0.0351 e. The van der Waals surface area contributed by atoms with Gasteiger partial charge in [0.1, 0.15) is 0 Å². The summed E-state index contributed by atoms with van der Waals surface area (Å²) in [6, 6.07) is 29.4. The summed E-state index contributed by atoms with van der Waals surface area (Å²) in [5, 5.41) is 12.0. The molecule has 0 aliphatic heterocycles. The minimum Gasteiger partial charge on any atom is -0.141 e. The van der Waals surface area contributed by atoms with Gasteiger partial charge in [-0.1, -0.05) is 48.5 Å². The molecule has 0 nitrogen and oxygen atoms in total. The predicted molar refractivity (Wildman–Crippen MR) is 117 cm³/mol. The summed E-state index contributed by atoms with van der Waals surface area (Å²) in [6.45, 7) is 2.19. The van der Waals surface area contributed by atoms with Gasteiger partial charge in [0.2, 0.25) is 0 Å². The summed E-state index contributed by atoms with van der Waals surface area (Å²) in [5.41, 5.74) is 0. The van der Waals surface area contributed by atoms with Crippen LogP contribution in [-0.2, 0) is 0 Å². The second-order valence-corrected chi connectivity index (χ2v) is 8.40. The minimum atomic E-state index is 1.30. The molecular weight excluding hydrogens is 332 g/mol. The van der Waals surface area contributed by atoms with Crippen molar-refractivity contribution in [1.29, 1.82) is 0 Å². The van der Waals surface area contributed by atoms with Crippen molar-refractivity contribution in [3.05, 3.63) is 83.7 Å². The summed E-state index contributed by atoms with van der Waals surface area (Å²) in [6.07, 6.45) is 0. The fourth-order valence-corrected chi connectivity index (χ4v) is 5.19. The van der Waals surface area contributed by atoms with Crippen molar-refractivity contribution in [2.45, 2.75) is 6.92 Å². The summed E-state index contributed by atoms with van der Waals surface area (Å²) in [7, 11) is 0. The average molecular weight is 348 g/mol. The molecule has 0 amide bonds. The Labute approximate surface area is 155 Å². The largest absolute Gasteiger partial charge is 0.141 e. The summed E-state index contributed by atoms with van der Waals surface area (Å²) >= 11 is 1.88. The topological polar surface area (TPSA) is 0 Å². The fourth-order valence-electron chi connectivity index (χ4n) is 4.23. The first-order chi connectivity index (χ1) is 12.8. The van der Waals surface area contributed by atoms with E-state index in [0.717, 1.165) is 0 Å². The molecule has 0 saturated carbocycles. The highest BCUT2D eigenvalue weighted by Crippen LogP contribution is 2.36. The first-order valence-corrected chi connectivity index (χ1v) is 9.76. The van der Waals surface area contributed by atoms with Gasteiger partial charge in [-0.2, -0.15) is 0 Å². The van der Waals surface area contributed by atoms with E-state index in [9.17, 15) is 0 Å². The first kappa shape index (κ1) is 14.3. The molecule has 26 heavy (non-hydrogen) atoms. The normalized spacial score (nSPS) is 12.0. The quantitative estimate of drug-likeness (QED) is 0.194. The van der Waals surface area contributed by atoms with E-state index in [-0.39, 0.29) is 0 Å². The molecule has 6 aromatic rings. The van der Waals surface area contributed by atoms with E-state index in [1.54, 1.807) is 0 Å². The maximum absolute atomic E-state index is 2.36. The SMILES string of the molecule is Cc1cc2cc3c(ccc4c5cc6ccccc6cc5ccc34)cc2s1. The van der Waals surface area contributed by atoms with Gasteiger partial charge in [-0.25, -0.2) is 0 Å². The van der Waals surface area contributed by atoms with Crippen LogP contribution in [0.1, 0.15) is 4.88 Å². The number of hydrogen-bond donors (Lipinski definition) is 0. The van der Waals surface area contributed by atoms with E-state index >= 15 is 0 Å². The zero-order chi connectivity index (χ0) is 17.3. The van der Waals surface area contributed by atoms with Crippen LogP contribution < -0.4 is 0 Å². The first-order valence-electron chi connectivity index (χ1n) is 8.94. The number of thiophene rings is 1. The van der Waals surface area contributed by atoms with Crippen molar-refractivity contribution >= 4 is 64.5 Å². The molecule has 0 aliphatic rings. The molecule has 1 aromatic heterocycles. The van der Waals surface area contributed by atoms with Crippen LogP contribution in [-0.4, -0.2) is 0 Å². The smallest absolute Gasteiger partial charge is 0.0351 e. The standard InChI is InChI=1S/C25H16S/c1-15-10-20-13-24-19(14-25(20)26-15)7-9-21-22(24)8-6-18-11-16-4-2-3-5-17(16)12-23(18)21/h2-14H,1H3. The van der Waals surface area contributed by atoms with Crippen molar-refractivity contribution < 1.29 is 0 Å². The van der Waals surface area contributed by atoms with Crippen LogP contribution in [0.5, 0.6) is 0 Å². The van der Waals surface area contributed by atoms with Crippen LogP contribution in [0.4, 0.5) is 0 Å². The highest BCUT2D eigenvalue weighted by atomic mass is 32.1. The number of benzene rings is 5. The third kappa shape index (κ3) is 1.95. The van der Waals surface area contributed by atoms with Crippen molar-refractivity contribution in [3.63, 3.8) is 0 Å². The molecule has 122 valence electrons. The van der Waals surface area contributed by atoms with E-state index in [0.29, 0.717) is 0 Å². The van der Waals surface area contributed by atoms with Crippen molar-refractivity contribution in [3.8, 4) is 0 Å². The molecule has 0 aliphatic carbocycles. The Kier molecular flexibility index (Phi) is 2.78. The van der Waals surface area contributed by atoms with E-state index in [4.69, 9.17) is 0 Å². The number of hydrogen-bond acceptors (Lipinski definition) is 1. The Morgan fingerprint density at radius 2 is 1.12 bits per heavy atom. The highest BCUT2D eigenvalue weighted by Gasteiger charge is 2.08. The molecule has 0 N–H and O–H groups in total. The van der Waals surface area contributed by atoms with Gasteiger partial charge in [0.05, 0.1) is 0 Å². The molecule has 0 atom stereocenters. The van der Waals surface area contributed by atoms with E-state index < -0.39 is 0 Å². The van der Waals surface area contributed by atoms with Gasteiger partial charge in [-0.15, -0.1) is 11.3 Å². The van der Waals surface area contributed by atoms with Gasteiger partial charge in [0.15, 0.2) is 0 Å². The van der Waals surface area contributed by atoms with Gasteiger partial charge >= 0.3 is 0 Å². The molecule has 0 fully saturated rings. The molecule has 6 rings (SSSR count). The van der Waals surface area contributed by atoms with Crippen LogP contribution in [0, 0.1) is 6.92 Å². The highest BCUT2D eigenvalue weighted by molar-refractivity contribution is 7.19. The van der Waals surface area contributed by atoms with Crippen LogP contribution in [0.2, 0.25) is 0 Å². The molecule has 5 aromatic carbocycles. The third-order valence-corrected chi connectivity index (χ3v) is 6.47. The van der Waals surface area contributed by atoms with Gasteiger partial charge in [-0.3, -0.25) is 0 Å². The monoisotopic (exact) mass is 348 g/mol. The summed E-state index contributed by atoms with van der Waals surface area (Å²) < 4.78 is 1.38. The number of aryl methyl sites for hydroxylation is 1. The minimum absolute atomic E-state index is 1.30. The van der Waals surface area contributed by atoms with Crippen molar-refractivity contribution in [2.24, 2.45) is 0 Å². The molecular formula is C25H16S. The Hall–Kier alpha value is -2.90. The molecule has 0 unspecified atom stereocenters. The molecule has 1 heteroatoms. The Morgan fingerprint density at radius 1 is 0.500 bits per heavy atom. The lowest BCUT2D eigenvalue weighted by Crippen LogP contribution is -1.82. The van der Waals surface area contributed by atoms with E-state index in [1.807, 2.05) is 11.3 Å². The van der Waals surface area contributed by atoms with E-state index in [1.165, 1.54) is 58.1 Å². The summed E-state index contributed by atoms with van der Waals surface area (Å²) in [4.78, 5) is 1.37. The van der Waals surface area contributed by atoms with Crippen molar-refractivity contribution in [1.82, 2.24) is 0 Å². The molecule has 0 saturated heterocycles. The summed E-state index contributed by atoms with van der Waals surface area (Å²) in [5.74, 6) is 0. The average Bonchev–Trinajstić information content (AvgIpc) is 3.03. The maximum atomic E-state index is 2.36. The molecule has 0 bridgehead atoms. The Balaban J connectivity index is 1.79. The van der Waals surface area contributed by atoms with Gasteiger partial charge in [0.25, 0.3) is 0 Å². The fraction of sp³-hybridized carbons (Fsp3) is 0.0400. The zero-order valence-electron chi connectivity index (χ0n) is 14.4. The lowest BCUT2D eigenvalue weighted by Gasteiger charge is -2.09. The Bertz CT molecular complexity index is 1480. The molecule has 1 heterocycles. The zero-order valence-corrected chi connectivity index (χ0v) is 15.2. The van der Waals surface area contributed by atoms with Crippen LogP contribution in [0.25, 0.3) is 53.2 Å². The van der Waals surface area contributed by atoms with Crippen molar-refractivity contribution in [2.75, 3.05) is 0 Å². The van der Waals surface area contributed by atoms with Gasteiger partial charge in [0, 0.05) is 9.58 Å². The predicted octanol–water partition coefficient (Wildman–Crippen LogP) is 7.82. The van der Waals surface area contributed by atoms with Crippen LogP contribution in [0.15, 0.2) is 78.9 Å². The number of rotatable bonds is 0. The van der Waals surface area contributed by atoms with E-state index in [2.05, 4.69) is 85.8 Å². The second kappa shape index (κ2) is 5.06. The lowest BCUT2D eigenvalue weighted by atomic mass is 9.95. The Morgan fingerprint density at radius 3 is 1.85 bits per heavy atom. The van der Waals surface area contributed by atoms with Crippen LogP contribution >= 0.6 is 11.3 Å².